The van der Waals surface area contributed by atoms with Crippen LogP contribution in [0.2, 0.25) is 0 Å². The molecule has 0 unspecified atom stereocenters. The first-order chi connectivity index (χ1) is 16.0. The van der Waals surface area contributed by atoms with Crippen LogP contribution >= 0.6 is 11.8 Å². The highest BCUT2D eigenvalue weighted by Crippen LogP contribution is 2.47. The Hall–Kier alpha value is -3.59. The number of amides is 2. The minimum atomic E-state index is -1.11. The lowest BCUT2D eigenvalue weighted by Gasteiger charge is -2.19. The normalized spacial score (nSPS) is 15.5. The third-order valence-electron chi connectivity index (χ3n) is 5.57. The van der Waals surface area contributed by atoms with E-state index in [0.29, 0.717) is 30.0 Å². The number of halogens is 1. The first-order valence-electron chi connectivity index (χ1n) is 10.6. The smallest absolute Gasteiger partial charge is 0.240 e. The summed E-state index contributed by atoms with van der Waals surface area (Å²) in [5.74, 6) is 1.98. The predicted molar refractivity (Wildman–Crippen MR) is 125 cm³/mol. The van der Waals surface area contributed by atoms with Crippen molar-refractivity contribution in [3.63, 3.8) is 0 Å². The molecule has 9 heteroatoms. The van der Waals surface area contributed by atoms with E-state index < -0.39 is 11.2 Å². The predicted octanol–water partition coefficient (Wildman–Crippen LogP) is 4.89. The first kappa shape index (κ1) is 21.3. The van der Waals surface area contributed by atoms with Crippen LogP contribution in [-0.4, -0.2) is 29.1 Å². The maximum absolute atomic E-state index is 13.1. The van der Waals surface area contributed by atoms with Crippen molar-refractivity contribution >= 4 is 40.8 Å². The number of benzene rings is 2. The summed E-state index contributed by atoms with van der Waals surface area (Å²) < 4.78 is 19.1. The van der Waals surface area contributed by atoms with Crippen molar-refractivity contribution in [3.05, 3.63) is 66.6 Å². The molecule has 0 radical (unpaired) electrons. The molecule has 3 N–H and O–H groups in total. The van der Waals surface area contributed by atoms with E-state index >= 15 is 0 Å². The van der Waals surface area contributed by atoms with Gasteiger partial charge in [-0.05, 0) is 61.4 Å². The molecule has 0 spiro atoms. The fraction of sp³-hybridized carbons (Fsp3) is 0.208. The molecular formula is C24H21FN4O3S. The zero-order chi connectivity index (χ0) is 22.8. The average Bonchev–Trinajstić information content (AvgIpc) is 3.65. The Morgan fingerprint density at radius 3 is 2.24 bits per heavy atom. The van der Waals surface area contributed by atoms with Crippen molar-refractivity contribution in [2.75, 3.05) is 28.2 Å². The lowest BCUT2D eigenvalue weighted by Crippen LogP contribution is -2.35. The highest BCUT2D eigenvalue weighted by Gasteiger charge is 2.56. The van der Waals surface area contributed by atoms with Crippen LogP contribution in [0.1, 0.15) is 12.8 Å². The quantitative estimate of drug-likeness (QED) is 0.450. The zero-order valence-electron chi connectivity index (χ0n) is 17.6. The summed E-state index contributed by atoms with van der Waals surface area (Å²) in [6, 6.07) is 14.3. The van der Waals surface area contributed by atoms with Crippen molar-refractivity contribution in [2.45, 2.75) is 17.7 Å². The lowest BCUT2D eigenvalue weighted by atomic mass is 10.0. The summed E-state index contributed by atoms with van der Waals surface area (Å²) >= 11 is 1.70. The van der Waals surface area contributed by atoms with Gasteiger partial charge in [0.15, 0.2) is 0 Å². The molecule has 168 valence electrons. The standard InChI is InChI=1S/C24H21FN4O3S/c25-15-1-3-16(4-2-15)28-22(30)24(10-11-24)23(31)29-17-5-7-18(8-6-17)32-19-9-12-26-21-20(19)33-14-13-27-21/h1-9,12H,10-11,13-14H2,(H,26,27)(H,28,30)(H,29,31). The largest absolute Gasteiger partial charge is 0.456 e. The van der Waals surface area contributed by atoms with E-state index in [0.717, 1.165) is 28.8 Å². The highest BCUT2D eigenvalue weighted by molar-refractivity contribution is 7.99. The summed E-state index contributed by atoms with van der Waals surface area (Å²) in [4.78, 5) is 30.8. The second kappa shape index (κ2) is 8.74. The van der Waals surface area contributed by atoms with Crippen molar-refractivity contribution < 1.29 is 18.7 Å². The number of ether oxygens (including phenoxy) is 1. The van der Waals surface area contributed by atoms with Crippen LogP contribution < -0.4 is 20.7 Å². The number of carbonyl (C=O) groups is 2. The van der Waals surface area contributed by atoms with Crippen LogP contribution in [-0.2, 0) is 9.59 Å². The minimum absolute atomic E-state index is 0.360. The second-order valence-electron chi connectivity index (χ2n) is 7.89. The molecule has 2 amide bonds. The molecule has 0 saturated heterocycles. The number of fused-ring (bicyclic) bond motifs is 1. The molecule has 1 aromatic heterocycles. The second-order valence-corrected chi connectivity index (χ2v) is 8.99. The van der Waals surface area contributed by atoms with Gasteiger partial charge in [-0.15, -0.1) is 11.8 Å². The zero-order valence-corrected chi connectivity index (χ0v) is 18.4. The van der Waals surface area contributed by atoms with E-state index in [1.165, 1.54) is 24.3 Å². The summed E-state index contributed by atoms with van der Waals surface area (Å²) in [7, 11) is 0. The van der Waals surface area contributed by atoms with E-state index in [9.17, 15) is 14.0 Å². The SMILES string of the molecule is O=C(Nc1ccc(F)cc1)C1(C(=O)Nc2ccc(Oc3ccnc4c3SCCN4)cc2)CC1. The number of carbonyl (C=O) groups excluding carboxylic acids is 2. The molecule has 0 atom stereocenters. The number of pyridine rings is 1. The molecule has 2 aliphatic rings. The number of aromatic nitrogens is 1. The highest BCUT2D eigenvalue weighted by atomic mass is 32.2. The minimum Gasteiger partial charge on any atom is -0.456 e. The Bertz CT molecular complexity index is 1200. The van der Waals surface area contributed by atoms with Gasteiger partial charge in [-0.25, -0.2) is 9.37 Å². The molecule has 3 aromatic rings. The Balaban J connectivity index is 1.23. The number of anilines is 3. The molecule has 2 heterocycles. The number of hydrogen-bond donors (Lipinski definition) is 3. The van der Waals surface area contributed by atoms with Crippen molar-refractivity contribution in [3.8, 4) is 11.5 Å². The monoisotopic (exact) mass is 464 g/mol. The Morgan fingerprint density at radius 1 is 0.970 bits per heavy atom. The van der Waals surface area contributed by atoms with Crippen LogP contribution in [0.4, 0.5) is 21.6 Å². The molecule has 5 rings (SSSR count). The summed E-state index contributed by atoms with van der Waals surface area (Å²) in [6.07, 6.45) is 2.63. The molecule has 7 nitrogen and oxygen atoms in total. The summed E-state index contributed by atoms with van der Waals surface area (Å²) in [5.41, 5.74) is -0.0844. The van der Waals surface area contributed by atoms with Crippen LogP contribution in [0.25, 0.3) is 0 Å². The number of thioether (sulfide) groups is 1. The summed E-state index contributed by atoms with van der Waals surface area (Å²) in [6.45, 7) is 0.867. The van der Waals surface area contributed by atoms with Crippen molar-refractivity contribution in [1.29, 1.82) is 0 Å². The van der Waals surface area contributed by atoms with Crippen LogP contribution in [0.15, 0.2) is 65.7 Å². The van der Waals surface area contributed by atoms with E-state index in [2.05, 4.69) is 20.9 Å². The van der Waals surface area contributed by atoms with Gasteiger partial charge in [-0.2, -0.15) is 0 Å². The van der Waals surface area contributed by atoms with E-state index in [1.807, 2.05) is 6.07 Å². The van der Waals surface area contributed by atoms with Crippen LogP contribution in [0.3, 0.4) is 0 Å². The average molecular weight is 465 g/mol. The van der Waals surface area contributed by atoms with Gasteiger partial charge >= 0.3 is 0 Å². The van der Waals surface area contributed by atoms with E-state index in [1.54, 1.807) is 42.2 Å². The van der Waals surface area contributed by atoms with Crippen LogP contribution in [0, 0.1) is 11.2 Å². The molecule has 1 aliphatic heterocycles. The number of nitrogens with one attached hydrogen (secondary N) is 3. The Labute approximate surface area is 194 Å². The fourth-order valence-electron chi connectivity index (χ4n) is 3.55. The van der Waals surface area contributed by atoms with Crippen molar-refractivity contribution in [2.24, 2.45) is 5.41 Å². The van der Waals surface area contributed by atoms with Crippen LogP contribution in [0.5, 0.6) is 11.5 Å². The third-order valence-corrected chi connectivity index (χ3v) is 6.66. The molecule has 2 aromatic carbocycles. The number of rotatable bonds is 6. The molecule has 33 heavy (non-hydrogen) atoms. The van der Waals surface area contributed by atoms with Gasteiger partial charge in [0, 0.05) is 35.9 Å². The topological polar surface area (TPSA) is 92.4 Å². The van der Waals surface area contributed by atoms with Gasteiger partial charge in [0.1, 0.15) is 28.5 Å². The van der Waals surface area contributed by atoms with Gasteiger partial charge < -0.3 is 20.7 Å². The van der Waals surface area contributed by atoms with Gasteiger partial charge in [0.05, 0.1) is 4.90 Å². The van der Waals surface area contributed by atoms with Gasteiger partial charge in [-0.3, -0.25) is 9.59 Å². The lowest BCUT2D eigenvalue weighted by molar-refractivity contribution is -0.131. The van der Waals surface area contributed by atoms with Gasteiger partial charge in [0.25, 0.3) is 0 Å². The molecular weight excluding hydrogens is 443 g/mol. The van der Waals surface area contributed by atoms with Gasteiger partial charge in [0.2, 0.25) is 11.8 Å². The maximum Gasteiger partial charge on any atom is 0.240 e. The molecule has 1 saturated carbocycles. The van der Waals surface area contributed by atoms with Gasteiger partial charge in [-0.1, -0.05) is 0 Å². The molecule has 0 bridgehead atoms. The molecule has 1 aliphatic carbocycles. The summed E-state index contributed by atoms with van der Waals surface area (Å²) in [5, 5.41) is 8.78. The third kappa shape index (κ3) is 4.49. The molecule has 1 fully saturated rings. The first-order valence-corrected chi connectivity index (χ1v) is 11.5. The maximum atomic E-state index is 13.1. The fourth-order valence-corrected chi connectivity index (χ4v) is 4.47. The number of nitrogens with zero attached hydrogens (tertiary/aromatic N) is 1. The van der Waals surface area contributed by atoms with Crippen molar-refractivity contribution in [1.82, 2.24) is 4.98 Å². The number of hydrogen-bond acceptors (Lipinski definition) is 6. The Kier molecular flexibility index (Phi) is 5.63. The Morgan fingerprint density at radius 2 is 1.61 bits per heavy atom. The van der Waals surface area contributed by atoms with E-state index in [-0.39, 0.29) is 11.8 Å². The van der Waals surface area contributed by atoms with E-state index in [4.69, 9.17) is 4.74 Å².